The van der Waals surface area contributed by atoms with Gasteiger partial charge in [0.15, 0.2) is 0 Å². The quantitative estimate of drug-likeness (QED) is 0.512. The summed E-state index contributed by atoms with van der Waals surface area (Å²) < 4.78 is 11.5. The first-order chi connectivity index (χ1) is 15.0. The Kier molecular flexibility index (Phi) is 6.49. The van der Waals surface area contributed by atoms with Gasteiger partial charge in [-0.2, -0.15) is 0 Å². The summed E-state index contributed by atoms with van der Waals surface area (Å²) >= 11 is 0. The van der Waals surface area contributed by atoms with Crippen LogP contribution in [0.25, 0.3) is 21.9 Å². The molecule has 172 valence electrons. The van der Waals surface area contributed by atoms with Crippen LogP contribution in [0.15, 0.2) is 26.0 Å². The van der Waals surface area contributed by atoms with Crippen LogP contribution in [0.3, 0.4) is 0 Å². The molecule has 0 aliphatic heterocycles. The van der Waals surface area contributed by atoms with Crippen LogP contribution in [0.4, 0.5) is 0 Å². The fraction of sp³-hybridized carbons (Fsp3) is 0.480. The molecule has 3 rings (SSSR count). The molecule has 0 saturated carbocycles. The van der Waals surface area contributed by atoms with Crippen LogP contribution in [0, 0.1) is 13.8 Å². The standard InChI is InChI=1S/C25H31NO6/c1-7-8-19(23(28)29)26-20(27)10-9-15-13(2)16-11-17-18(25(4,5)6)12-31-21(17)14(3)22(16)32-24(15)30/h11-12,19H,7-10H2,1-6H3,(H,26,27)(H,28,29). The van der Waals surface area contributed by atoms with Gasteiger partial charge in [-0.05, 0) is 43.7 Å². The van der Waals surface area contributed by atoms with Gasteiger partial charge in [-0.1, -0.05) is 34.1 Å². The van der Waals surface area contributed by atoms with Crippen molar-refractivity contribution >= 4 is 33.8 Å². The smallest absolute Gasteiger partial charge is 0.339 e. The average Bonchev–Trinajstić information content (AvgIpc) is 3.13. The first-order valence-corrected chi connectivity index (χ1v) is 10.9. The van der Waals surface area contributed by atoms with E-state index in [1.165, 1.54) is 0 Å². The Morgan fingerprint density at radius 1 is 1.12 bits per heavy atom. The van der Waals surface area contributed by atoms with Gasteiger partial charge < -0.3 is 19.3 Å². The van der Waals surface area contributed by atoms with Crippen molar-refractivity contribution in [2.75, 3.05) is 0 Å². The van der Waals surface area contributed by atoms with Gasteiger partial charge in [0, 0.05) is 33.9 Å². The lowest BCUT2D eigenvalue weighted by Gasteiger charge is -2.17. The molecule has 0 aliphatic carbocycles. The van der Waals surface area contributed by atoms with E-state index in [0.29, 0.717) is 29.6 Å². The number of benzene rings is 1. The summed E-state index contributed by atoms with van der Waals surface area (Å²) in [5.74, 6) is -1.46. The highest BCUT2D eigenvalue weighted by molar-refractivity contribution is 6.00. The molecule has 0 saturated heterocycles. The fourth-order valence-corrected chi connectivity index (χ4v) is 4.12. The Labute approximate surface area is 186 Å². The number of rotatable bonds is 7. The van der Waals surface area contributed by atoms with Gasteiger partial charge in [0.05, 0.1) is 6.26 Å². The molecule has 0 fully saturated rings. The third-order valence-corrected chi connectivity index (χ3v) is 5.96. The lowest BCUT2D eigenvalue weighted by molar-refractivity contribution is -0.142. The highest BCUT2D eigenvalue weighted by atomic mass is 16.4. The third-order valence-electron chi connectivity index (χ3n) is 5.96. The summed E-state index contributed by atoms with van der Waals surface area (Å²) in [4.78, 5) is 36.3. The minimum atomic E-state index is -1.06. The first kappa shape index (κ1) is 23.6. The highest BCUT2D eigenvalue weighted by Gasteiger charge is 2.24. The van der Waals surface area contributed by atoms with Crippen LogP contribution in [0.2, 0.25) is 0 Å². The predicted molar refractivity (Wildman–Crippen MR) is 123 cm³/mol. The summed E-state index contributed by atoms with van der Waals surface area (Å²) in [7, 11) is 0. The number of furan rings is 1. The Hall–Kier alpha value is -3.09. The van der Waals surface area contributed by atoms with Crippen molar-refractivity contribution in [3.63, 3.8) is 0 Å². The second kappa shape index (κ2) is 8.81. The number of nitrogens with one attached hydrogen (secondary N) is 1. The number of hydrogen-bond donors (Lipinski definition) is 2. The molecule has 7 heteroatoms. The number of fused-ring (bicyclic) bond motifs is 2. The molecule has 1 atom stereocenters. The van der Waals surface area contributed by atoms with E-state index in [2.05, 4.69) is 26.1 Å². The minimum Gasteiger partial charge on any atom is -0.480 e. The number of carbonyl (C=O) groups is 2. The summed E-state index contributed by atoms with van der Waals surface area (Å²) in [5, 5.41) is 13.6. The molecule has 0 radical (unpaired) electrons. The van der Waals surface area contributed by atoms with Crippen molar-refractivity contribution in [3.05, 3.63) is 45.0 Å². The fourth-order valence-electron chi connectivity index (χ4n) is 4.12. The van der Waals surface area contributed by atoms with Crippen molar-refractivity contribution in [1.29, 1.82) is 0 Å². The third kappa shape index (κ3) is 4.42. The Morgan fingerprint density at radius 3 is 2.41 bits per heavy atom. The Balaban J connectivity index is 1.98. The van der Waals surface area contributed by atoms with Gasteiger partial charge in [0.1, 0.15) is 17.2 Å². The molecule has 1 unspecified atom stereocenters. The maximum Gasteiger partial charge on any atom is 0.339 e. The number of amides is 1. The molecule has 0 spiro atoms. The molecule has 0 aliphatic rings. The summed E-state index contributed by atoms with van der Waals surface area (Å²) in [6.07, 6.45) is 2.93. The van der Waals surface area contributed by atoms with Crippen molar-refractivity contribution in [1.82, 2.24) is 5.32 Å². The zero-order chi connectivity index (χ0) is 23.8. The van der Waals surface area contributed by atoms with E-state index in [9.17, 15) is 19.5 Å². The van der Waals surface area contributed by atoms with Crippen molar-refractivity contribution < 1.29 is 23.5 Å². The van der Waals surface area contributed by atoms with E-state index in [1.807, 2.05) is 26.8 Å². The van der Waals surface area contributed by atoms with Crippen LogP contribution in [0.1, 0.15) is 69.2 Å². The van der Waals surface area contributed by atoms with Gasteiger partial charge in [0.25, 0.3) is 0 Å². The number of carboxylic acid groups (broad SMARTS) is 1. The zero-order valence-corrected chi connectivity index (χ0v) is 19.5. The van der Waals surface area contributed by atoms with Crippen molar-refractivity contribution in [2.24, 2.45) is 0 Å². The van der Waals surface area contributed by atoms with Crippen LogP contribution in [-0.4, -0.2) is 23.0 Å². The molecule has 1 aromatic carbocycles. The second-order valence-corrected chi connectivity index (χ2v) is 9.39. The van der Waals surface area contributed by atoms with Gasteiger partial charge in [-0.15, -0.1) is 0 Å². The first-order valence-electron chi connectivity index (χ1n) is 10.9. The maximum absolute atomic E-state index is 12.7. The molecule has 2 aromatic heterocycles. The summed E-state index contributed by atoms with van der Waals surface area (Å²) in [5.41, 5.74) is 3.60. The number of carbonyl (C=O) groups excluding carboxylic acids is 1. The Bertz CT molecular complexity index is 1240. The molecule has 32 heavy (non-hydrogen) atoms. The summed E-state index contributed by atoms with van der Waals surface area (Å²) in [6, 6.07) is 1.07. The molecule has 2 heterocycles. The van der Waals surface area contributed by atoms with Crippen LogP contribution in [-0.2, 0) is 21.4 Å². The second-order valence-electron chi connectivity index (χ2n) is 9.39. The SMILES string of the molecule is CCCC(NC(=O)CCc1c(C)c2cc3c(C(C)(C)C)coc3c(C)c2oc1=O)C(=O)O. The number of aliphatic carboxylic acids is 1. The average molecular weight is 442 g/mol. The molecule has 7 nitrogen and oxygen atoms in total. The maximum atomic E-state index is 12.7. The van der Waals surface area contributed by atoms with E-state index >= 15 is 0 Å². The molecule has 2 N–H and O–H groups in total. The van der Waals surface area contributed by atoms with Gasteiger partial charge in [-0.3, -0.25) is 4.79 Å². The number of aryl methyl sites for hydroxylation is 2. The van der Waals surface area contributed by atoms with Crippen LogP contribution < -0.4 is 10.9 Å². The van der Waals surface area contributed by atoms with Gasteiger partial charge in [-0.25, -0.2) is 9.59 Å². The zero-order valence-electron chi connectivity index (χ0n) is 19.5. The molecule has 3 aromatic rings. The molecule has 0 bridgehead atoms. The predicted octanol–water partition coefficient (Wildman–Crippen LogP) is 4.76. The monoisotopic (exact) mass is 441 g/mol. The lowest BCUT2D eigenvalue weighted by Crippen LogP contribution is -2.40. The van der Waals surface area contributed by atoms with Gasteiger partial charge >= 0.3 is 11.6 Å². The van der Waals surface area contributed by atoms with E-state index in [1.54, 1.807) is 6.26 Å². The van der Waals surface area contributed by atoms with E-state index in [-0.39, 0.29) is 18.3 Å². The topological polar surface area (TPSA) is 110 Å². The number of carboxylic acids is 1. The highest BCUT2D eigenvalue weighted by Crippen LogP contribution is 2.37. The lowest BCUT2D eigenvalue weighted by atomic mass is 9.86. The van der Waals surface area contributed by atoms with E-state index in [0.717, 1.165) is 27.5 Å². The minimum absolute atomic E-state index is 0.00474. The number of hydrogen-bond acceptors (Lipinski definition) is 5. The normalized spacial score (nSPS) is 12.9. The molecule has 1 amide bonds. The van der Waals surface area contributed by atoms with Crippen molar-refractivity contribution in [2.45, 2.75) is 78.7 Å². The van der Waals surface area contributed by atoms with Crippen LogP contribution >= 0.6 is 0 Å². The van der Waals surface area contributed by atoms with E-state index in [4.69, 9.17) is 8.83 Å². The summed E-state index contributed by atoms with van der Waals surface area (Å²) in [6.45, 7) is 11.9. The Morgan fingerprint density at radius 2 is 1.81 bits per heavy atom. The molecular formula is C25H31NO6. The molecular weight excluding hydrogens is 410 g/mol. The van der Waals surface area contributed by atoms with Crippen LogP contribution in [0.5, 0.6) is 0 Å². The van der Waals surface area contributed by atoms with Gasteiger partial charge in [0.2, 0.25) is 5.91 Å². The largest absolute Gasteiger partial charge is 0.480 e. The van der Waals surface area contributed by atoms with Crippen molar-refractivity contribution in [3.8, 4) is 0 Å². The van der Waals surface area contributed by atoms with E-state index < -0.39 is 23.5 Å².